The van der Waals surface area contributed by atoms with Gasteiger partial charge in [-0.15, -0.1) is 0 Å². The Kier molecular flexibility index (Phi) is 6.46. The van der Waals surface area contributed by atoms with E-state index in [1.165, 1.54) is 18.1 Å². The molecule has 184 valence electrons. The molecule has 7 nitrogen and oxygen atoms in total. The number of rotatable bonds is 3. The maximum atomic E-state index is 13.5. The first-order valence-electron chi connectivity index (χ1n) is 12.2. The summed E-state index contributed by atoms with van der Waals surface area (Å²) in [6.07, 6.45) is 1.11. The van der Waals surface area contributed by atoms with Crippen molar-refractivity contribution in [2.45, 2.75) is 45.8 Å². The van der Waals surface area contributed by atoms with Gasteiger partial charge < -0.3 is 19.9 Å². The molecule has 0 aromatic heterocycles. The van der Waals surface area contributed by atoms with Crippen molar-refractivity contribution in [3.8, 4) is 5.75 Å². The molecule has 5 rings (SSSR count). The number of benzene rings is 3. The van der Waals surface area contributed by atoms with Crippen LogP contribution in [0, 0.1) is 0 Å². The number of ether oxygens (including phenoxy) is 1. The lowest BCUT2D eigenvalue weighted by atomic mass is 9.93. The molecule has 1 atom stereocenters. The first-order chi connectivity index (χ1) is 17.4. The Morgan fingerprint density at radius 2 is 1.64 bits per heavy atom. The lowest BCUT2D eigenvalue weighted by molar-refractivity contribution is -0.114. The van der Waals surface area contributed by atoms with E-state index < -0.39 is 6.09 Å². The van der Waals surface area contributed by atoms with Gasteiger partial charge >= 0.3 is 6.09 Å². The fourth-order valence-corrected chi connectivity index (χ4v) is 4.94. The Bertz CT molecular complexity index is 1320. The van der Waals surface area contributed by atoms with Crippen LogP contribution in [0.5, 0.6) is 5.75 Å². The van der Waals surface area contributed by atoms with Crippen molar-refractivity contribution in [3.05, 3.63) is 94.5 Å². The van der Waals surface area contributed by atoms with Gasteiger partial charge in [-0.25, -0.2) is 4.79 Å². The molecule has 36 heavy (non-hydrogen) atoms. The van der Waals surface area contributed by atoms with Crippen LogP contribution in [-0.4, -0.2) is 40.3 Å². The van der Waals surface area contributed by atoms with Gasteiger partial charge in [0.1, 0.15) is 5.75 Å². The van der Waals surface area contributed by atoms with E-state index in [0.29, 0.717) is 43.1 Å². The Balaban J connectivity index is 1.27. The molecule has 3 aromatic rings. The molecule has 0 unspecified atom stereocenters. The van der Waals surface area contributed by atoms with Crippen LogP contribution in [0.4, 0.5) is 10.5 Å². The highest BCUT2D eigenvalue weighted by Gasteiger charge is 2.29. The van der Waals surface area contributed by atoms with Gasteiger partial charge in [0.15, 0.2) is 0 Å². The van der Waals surface area contributed by atoms with Crippen LogP contribution in [0.25, 0.3) is 0 Å². The summed E-state index contributed by atoms with van der Waals surface area (Å²) in [5, 5.41) is 2.68. The van der Waals surface area contributed by atoms with E-state index in [4.69, 9.17) is 4.74 Å². The Morgan fingerprint density at radius 3 is 2.39 bits per heavy atom. The second kappa shape index (κ2) is 9.85. The van der Waals surface area contributed by atoms with Crippen LogP contribution in [0.3, 0.4) is 0 Å². The molecule has 1 N–H and O–H groups in total. The molecule has 7 heteroatoms. The Hall–Kier alpha value is -4.13. The lowest BCUT2D eigenvalue weighted by Crippen LogP contribution is -2.42. The van der Waals surface area contributed by atoms with E-state index >= 15 is 0 Å². The van der Waals surface area contributed by atoms with Crippen LogP contribution in [0.1, 0.15) is 46.5 Å². The van der Waals surface area contributed by atoms with Crippen molar-refractivity contribution in [3.63, 3.8) is 0 Å². The van der Waals surface area contributed by atoms with Crippen LogP contribution in [-0.2, 0) is 30.7 Å². The molecule has 0 fully saturated rings. The third-order valence-corrected chi connectivity index (χ3v) is 6.87. The van der Waals surface area contributed by atoms with Gasteiger partial charge in [0, 0.05) is 43.9 Å². The van der Waals surface area contributed by atoms with E-state index in [-0.39, 0.29) is 17.9 Å². The maximum absolute atomic E-state index is 13.5. The van der Waals surface area contributed by atoms with Crippen molar-refractivity contribution < 1.29 is 19.1 Å². The van der Waals surface area contributed by atoms with Gasteiger partial charge in [0.05, 0.1) is 0 Å². The van der Waals surface area contributed by atoms with E-state index in [2.05, 4.69) is 24.4 Å². The second-order valence-electron chi connectivity index (χ2n) is 9.48. The van der Waals surface area contributed by atoms with Gasteiger partial charge in [-0.1, -0.05) is 30.3 Å². The standard InChI is InChI=1S/C29H29N3O4/c1-19-15-22-5-3-4-6-24(22)18-32(19)28(34)23-8-7-21-13-14-31(17-25(21)16-23)29(35)36-27-11-9-26(10-12-27)30-20(2)33/h3-12,16,19H,13-15,17-18H2,1-2H3,(H,30,33)/t19-/m1/s1. The summed E-state index contributed by atoms with van der Waals surface area (Å²) in [5.41, 5.74) is 5.89. The third-order valence-electron chi connectivity index (χ3n) is 6.87. The summed E-state index contributed by atoms with van der Waals surface area (Å²) >= 11 is 0. The molecular formula is C29H29N3O4. The largest absolute Gasteiger partial charge is 0.415 e. The fraction of sp³-hybridized carbons (Fsp3) is 0.276. The minimum Gasteiger partial charge on any atom is -0.410 e. The molecule has 0 bridgehead atoms. The van der Waals surface area contributed by atoms with Crippen LogP contribution in [0.2, 0.25) is 0 Å². The topological polar surface area (TPSA) is 79.0 Å². The monoisotopic (exact) mass is 483 g/mol. The highest BCUT2D eigenvalue weighted by molar-refractivity contribution is 5.95. The maximum Gasteiger partial charge on any atom is 0.415 e. The zero-order chi connectivity index (χ0) is 25.2. The quantitative estimate of drug-likeness (QED) is 0.581. The summed E-state index contributed by atoms with van der Waals surface area (Å²) < 4.78 is 5.55. The molecule has 0 saturated carbocycles. The van der Waals surface area contributed by atoms with Gasteiger partial charge in [-0.3, -0.25) is 9.59 Å². The molecule has 3 aromatic carbocycles. The number of hydrogen-bond acceptors (Lipinski definition) is 4. The molecule has 0 saturated heterocycles. The molecule has 0 spiro atoms. The molecule has 0 aliphatic carbocycles. The lowest BCUT2D eigenvalue weighted by Gasteiger charge is -2.35. The SMILES string of the molecule is CC(=O)Nc1ccc(OC(=O)N2CCc3ccc(C(=O)N4Cc5ccccc5C[C@H]4C)cc3C2)cc1. The van der Waals surface area contributed by atoms with Crippen molar-refractivity contribution >= 4 is 23.6 Å². The Morgan fingerprint density at radius 1 is 0.889 bits per heavy atom. The summed E-state index contributed by atoms with van der Waals surface area (Å²) in [5.74, 6) is 0.256. The number of anilines is 1. The minimum absolute atomic E-state index is 0.0127. The van der Waals surface area contributed by atoms with Crippen LogP contribution in [0.15, 0.2) is 66.7 Å². The fourth-order valence-electron chi connectivity index (χ4n) is 4.94. The zero-order valence-electron chi connectivity index (χ0n) is 20.5. The average molecular weight is 484 g/mol. The number of amides is 3. The minimum atomic E-state index is -0.439. The van der Waals surface area contributed by atoms with Crippen molar-refractivity contribution in [2.24, 2.45) is 0 Å². The number of nitrogens with one attached hydrogen (secondary N) is 1. The average Bonchev–Trinajstić information content (AvgIpc) is 2.88. The van der Waals surface area contributed by atoms with Gasteiger partial charge in [0.2, 0.25) is 5.91 Å². The number of fused-ring (bicyclic) bond motifs is 2. The highest BCUT2D eigenvalue weighted by Crippen LogP contribution is 2.27. The molecule has 2 heterocycles. The first kappa shape index (κ1) is 23.6. The Labute approximate surface area is 210 Å². The van der Waals surface area contributed by atoms with E-state index in [1.807, 2.05) is 35.2 Å². The molecular weight excluding hydrogens is 454 g/mol. The van der Waals surface area contributed by atoms with Crippen molar-refractivity contribution in [2.75, 3.05) is 11.9 Å². The van der Waals surface area contributed by atoms with Crippen LogP contribution >= 0.6 is 0 Å². The molecule has 3 amide bonds. The first-order valence-corrected chi connectivity index (χ1v) is 12.2. The summed E-state index contributed by atoms with van der Waals surface area (Å²) in [4.78, 5) is 41.0. The summed E-state index contributed by atoms with van der Waals surface area (Å²) in [6.45, 7) is 5.06. The zero-order valence-corrected chi connectivity index (χ0v) is 20.5. The number of hydrogen-bond donors (Lipinski definition) is 1. The van der Waals surface area contributed by atoms with Gasteiger partial charge in [-0.05, 0) is 78.4 Å². The number of carbonyl (C=O) groups excluding carboxylic acids is 3. The van der Waals surface area contributed by atoms with Crippen molar-refractivity contribution in [1.82, 2.24) is 9.80 Å². The summed E-state index contributed by atoms with van der Waals surface area (Å²) in [7, 11) is 0. The normalized spacial score (nSPS) is 16.6. The van der Waals surface area contributed by atoms with Gasteiger partial charge in [0.25, 0.3) is 5.91 Å². The predicted molar refractivity (Wildman–Crippen MR) is 137 cm³/mol. The molecule has 2 aliphatic heterocycles. The second-order valence-corrected chi connectivity index (χ2v) is 9.48. The van der Waals surface area contributed by atoms with E-state index in [9.17, 15) is 14.4 Å². The summed E-state index contributed by atoms with van der Waals surface area (Å²) in [6, 6.07) is 20.9. The highest BCUT2D eigenvalue weighted by atomic mass is 16.6. The third kappa shape index (κ3) is 4.96. The number of carbonyl (C=O) groups is 3. The molecule has 0 radical (unpaired) electrons. The van der Waals surface area contributed by atoms with Gasteiger partial charge in [-0.2, -0.15) is 0 Å². The van der Waals surface area contributed by atoms with Crippen molar-refractivity contribution in [1.29, 1.82) is 0 Å². The molecule has 2 aliphatic rings. The smallest absolute Gasteiger partial charge is 0.410 e. The predicted octanol–water partition coefficient (Wildman–Crippen LogP) is 4.79. The van der Waals surface area contributed by atoms with E-state index in [0.717, 1.165) is 17.5 Å². The van der Waals surface area contributed by atoms with E-state index in [1.54, 1.807) is 29.2 Å². The number of nitrogens with zero attached hydrogens (tertiary/aromatic N) is 2. The van der Waals surface area contributed by atoms with Crippen LogP contribution < -0.4 is 10.1 Å².